The van der Waals surface area contributed by atoms with Crippen LogP contribution in [0.3, 0.4) is 0 Å². The quantitative estimate of drug-likeness (QED) is 0.165. The largest absolute Gasteiger partial charge is 0.292 e. The number of imidazole rings is 2. The summed E-state index contributed by atoms with van der Waals surface area (Å²) in [5.41, 5.74) is 11.7. The van der Waals surface area contributed by atoms with Crippen LogP contribution in [0.4, 0.5) is 0 Å². The molecule has 0 saturated carbocycles. The van der Waals surface area contributed by atoms with Gasteiger partial charge in [-0.2, -0.15) is 4.98 Å². The first-order chi connectivity index (χ1) is 24.2. The summed E-state index contributed by atoms with van der Waals surface area (Å²) in [5.74, 6) is 1.49. The highest BCUT2D eigenvalue weighted by Crippen LogP contribution is 2.38. The summed E-state index contributed by atoms with van der Waals surface area (Å²) in [7, 11) is 0. The third-order valence-electron chi connectivity index (χ3n) is 9.01. The Hall–Kier alpha value is -6.79. The van der Waals surface area contributed by atoms with Crippen molar-refractivity contribution in [1.29, 1.82) is 0 Å². The summed E-state index contributed by atoms with van der Waals surface area (Å²) < 4.78 is 6.80. The van der Waals surface area contributed by atoms with Crippen LogP contribution in [0.2, 0.25) is 0 Å². The molecule has 0 unspecified atom stereocenters. The molecule has 0 bridgehead atoms. The molecule has 49 heavy (non-hydrogen) atoms. The zero-order valence-electron chi connectivity index (χ0n) is 26.6. The molecule has 0 N–H and O–H groups in total. The molecule has 0 aliphatic carbocycles. The molecule has 232 valence electrons. The third-order valence-corrected chi connectivity index (χ3v) is 9.01. The lowest BCUT2D eigenvalue weighted by atomic mass is 10.1. The minimum Gasteiger partial charge on any atom is -0.292 e. The normalized spacial score (nSPS) is 12.0. The third kappa shape index (κ3) is 4.53. The standard InChI is InChI=1S/C43H30N6/c1-3-16-29(4-2)35-28-36(45-41(44-35)30-17-8-5-9-18-30)31-25-26-38-39(27-31)48(33-21-12-7-13-22-33)43-46-42-40(49(38)43)34-23-14-15-24-37(34)47(42)32-19-10-6-11-20-32/h3-28H,1-2H2/b29-16+. The first kappa shape index (κ1) is 28.4. The lowest BCUT2D eigenvalue weighted by Crippen LogP contribution is -1.98. The fraction of sp³-hybridized carbons (Fsp3) is 0. The smallest absolute Gasteiger partial charge is 0.222 e. The van der Waals surface area contributed by atoms with E-state index in [4.69, 9.17) is 15.0 Å². The van der Waals surface area contributed by atoms with Crippen molar-refractivity contribution in [3.8, 4) is 34.0 Å². The molecule has 0 saturated heterocycles. The van der Waals surface area contributed by atoms with Gasteiger partial charge in [0.2, 0.25) is 5.78 Å². The fourth-order valence-corrected chi connectivity index (χ4v) is 6.83. The van der Waals surface area contributed by atoms with Crippen LogP contribution in [-0.4, -0.2) is 28.5 Å². The molecule has 0 amide bonds. The van der Waals surface area contributed by atoms with Crippen LogP contribution in [0.15, 0.2) is 171 Å². The van der Waals surface area contributed by atoms with E-state index < -0.39 is 0 Å². The Labute approximate surface area is 282 Å². The van der Waals surface area contributed by atoms with Gasteiger partial charge in [-0.05, 0) is 54.1 Å². The number of para-hydroxylation sites is 3. The highest BCUT2D eigenvalue weighted by Gasteiger charge is 2.24. The van der Waals surface area contributed by atoms with Crippen LogP contribution in [0, 0.1) is 0 Å². The highest BCUT2D eigenvalue weighted by atomic mass is 15.2. The van der Waals surface area contributed by atoms with Gasteiger partial charge < -0.3 is 0 Å². The van der Waals surface area contributed by atoms with Gasteiger partial charge in [-0.25, -0.2) is 9.97 Å². The van der Waals surface area contributed by atoms with Crippen molar-refractivity contribution >= 4 is 44.5 Å². The van der Waals surface area contributed by atoms with Gasteiger partial charge in [0.05, 0.1) is 27.9 Å². The fourth-order valence-electron chi connectivity index (χ4n) is 6.83. The summed E-state index contributed by atoms with van der Waals surface area (Å²) >= 11 is 0. The molecule has 4 heterocycles. The summed E-state index contributed by atoms with van der Waals surface area (Å²) in [4.78, 5) is 15.4. The second-order valence-electron chi connectivity index (χ2n) is 11.9. The summed E-state index contributed by atoms with van der Waals surface area (Å²) in [6.45, 7) is 7.94. The molecule has 6 heteroatoms. The van der Waals surface area contributed by atoms with Gasteiger partial charge >= 0.3 is 0 Å². The van der Waals surface area contributed by atoms with Crippen molar-refractivity contribution in [2.45, 2.75) is 0 Å². The van der Waals surface area contributed by atoms with Crippen LogP contribution in [0.5, 0.6) is 0 Å². The molecule has 0 atom stereocenters. The van der Waals surface area contributed by atoms with Gasteiger partial charge in [0, 0.05) is 27.9 Å². The number of hydrogen-bond acceptors (Lipinski definition) is 3. The Bertz CT molecular complexity index is 2730. The van der Waals surface area contributed by atoms with Crippen LogP contribution in [-0.2, 0) is 0 Å². The number of nitrogens with zero attached hydrogens (tertiary/aromatic N) is 6. The SMILES string of the molecule is C=C/C=C(\C=C)c1cc(-c2ccc3c(c2)n(-c2ccccc2)c2nc4c(c5ccccc5n4-c4ccccc4)n32)nc(-c2ccccc2)n1. The van der Waals surface area contributed by atoms with Crippen molar-refractivity contribution in [3.05, 3.63) is 177 Å². The topological polar surface area (TPSA) is 52.9 Å². The van der Waals surface area contributed by atoms with Crippen LogP contribution >= 0.6 is 0 Å². The number of fused-ring (bicyclic) bond motifs is 7. The molecule has 0 fully saturated rings. The van der Waals surface area contributed by atoms with Gasteiger partial charge in [0.15, 0.2) is 11.5 Å². The van der Waals surface area contributed by atoms with E-state index in [1.165, 1.54) is 0 Å². The lowest BCUT2D eigenvalue weighted by molar-refractivity contribution is 1.09. The average molecular weight is 631 g/mol. The second kappa shape index (κ2) is 11.5. The van der Waals surface area contributed by atoms with Crippen LogP contribution < -0.4 is 0 Å². The zero-order chi connectivity index (χ0) is 32.9. The van der Waals surface area contributed by atoms with E-state index >= 15 is 0 Å². The Kier molecular flexibility index (Phi) is 6.66. The molecule has 0 aliphatic heterocycles. The van der Waals surface area contributed by atoms with Crippen molar-refractivity contribution in [3.63, 3.8) is 0 Å². The van der Waals surface area contributed by atoms with Crippen molar-refractivity contribution in [2.24, 2.45) is 0 Å². The van der Waals surface area contributed by atoms with E-state index in [9.17, 15) is 0 Å². The molecule has 9 rings (SSSR count). The van der Waals surface area contributed by atoms with Gasteiger partial charge in [-0.1, -0.05) is 122 Å². The van der Waals surface area contributed by atoms with Crippen LogP contribution in [0.1, 0.15) is 5.69 Å². The van der Waals surface area contributed by atoms with E-state index in [0.717, 1.165) is 78.3 Å². The average Bonchev–Trinajstić information content (AvgIpc) is 3.80. The summed E-state index contributed by atoms with van der Waals surface area (Å²) in [6, 6.07) is 48.0. The maximum Gasteiger partial charge on any atom is 0.222 e. The molecular weight excluding hydrogens is 601 g/mol. The Morgan fingerprint density at radius 1 is 0.571 bits per heavy atom. The van der Waals surface area contributed by atoms with E-state index in [-0.39, 0.29) is 0 Å². The minimum absolute atomic E-state index is 0.647. The van der Waals surface area contributed by atoms with Gasteiger partial charge in [-0.3, -0.25) is 13.5 Å². The number of hydrogen-bond donors (Lipinski definition) is 0. The van der Waals surface area contributed by atoms with E-state index in [0.29, 0.717) is 5.82 Å². The molecule has 5 aromatic carbocycles. The molecule has 0 aliphatic rings. The highest BCUT2D eigenvalue weighted by molar-refractivity contribution is 6.09. The van der Waals surface area contributed by atoms with Crippen molar-refractivity contribution < 1.29 is 0 Å². The minimum atomic E-state index is 0.647. The summed E-state index contributed by atoms with van der Waals surface area (Å²) in [5, 5.41) is 1.14. The predicted octanol–water partition coefficient (Wildman–Crippen LogP) is 10.3. The second-order valence-corrected chi connectivity index (χ2v) is 11.9. The Balaban J connectivity index is 1.35. The number of allylic oxidation sites excluding steroid dienone is 4. The van der Waals surface area contributed by atoms with Gasteiger partial charge in [-0.15, -0.1) is 0 Å². The number of rotatable bonds is 7. The number of aromatic nitrogens is 6. The maximum atomic E-state index is 5.40. The van der Waals surface area contributed by atoms with E-state index in [1.54, 1.807) is 12.2 Å². The van der Waals surface area contributed by atoms with E-state index in [2.05, 4.69) is 118 Å². The molecule has 4 aromatic heterocycles. The summed E-state index contributed by atoms with van der Waals surface area (Å²) in [6.07, 6.45) is 5.48. The van der Waals surface area contributed by atoms with Crippen LogP contribution in [0.25, 0.3) is 78.5 Å². The predicted molar refractivity (Wildman–Crippen MR) is 201 cm³/mol. The molecule has 0 radical (unpaired) electrons. The monoisotopic (exact) mass is 630 g/mol. The molecule has 9 aromatic rings. The first-order valence-electron chi connectivity index (χ1n) is 16.2. The zero-order valence-corrected chi connectivity index (χ0v) is 26.6. The Morgan fingerprint density at radius 3 is 1.96 bits per heavy atom. The Morgan fingerprint density at radius 2 is 1.24 bits per heavy atom. The van der Waals surface area contributed by atoms with Gasteiger partial charge in [0.25, 0.3) is 0 Å². The molecule has 0 spiro atoms. The van der Waals surface area contributed by atoms with Crippen molar-refractivity contribution in [2.75, 3.05) is 0 Å². The van der Waals surface area contributed by atoms with Gasteiger partial charge in [0.1, 0.15) is 5.52 Å². The molecule has 6 nitrogen and oxygen atoms in total. The van der Waals surface area contributed by atoms with Crippen molar-refractivity contribution in [1.82, 2.24) is 28.5 Å². The molecular formula is C43H30N6. The number of benzene rings is 5. The lowest BCUT2D eigenvalue weighted by Gasteiger charge is -2.11. The maximum absolute atomic E-state index is 5.40. The first-order valence-corrected chi connectivity index (χ1v) is 16.2. The van der Waals surface area contributed by atoms with E-state index in [1.807, 2.05) is 54.6 Å².